The Balaban J connectivity index is 2.00. The molecule has 2 aromatic rings. The van der Waals surface area contributed by atoms with Gasteiger partial charge in [-0.05, 0) is 24.3 Å². The average Bonchev–Trinajstić information content (AvgIpc) is 3.06. The number of halogens is 2. The van der Waals surface area contributed by atoms with Crippen LogP contribution in [0.15, 0.2) is 41.5 Å². The van der Waals surface area contributed by atoms with Gasteiger partial charge in [-0.15, -0.1) is 5.10 Å². The van der Waals surface area contributed by atoms with Gasteiger partial charge in [0.2, 0.25) is 18.0 Å². The van der Waals surface area contributed by atoms with Gasteiger partial charge in [-0.25, -0.2) is 0 Å². The van der Waals surface area contributed by atoms with E-state index >= 15 is 0 Å². The van der Waals surface area contributed by atoms with E-state index in [0.717, 1.165) is 5.01 Å². The van der Waals surface area contributed by atoms with Gasteiger partial charge in [0, 0.05) is 29.6 Å². The van der Waals surface area contributed by atoms with Gasteiger partial charge in [-0.1, -0.05) is 23.2 Å². The third-order valence-electron chi connectivity index (χ3n) is 3.80. The first-order chi connectivity index (χ1) is 12.8. The summed E-state index contributed by atoms with van der Waals surface area (Å²) in [5, 5.41) is 16.7. The second-order valence-electron chi connectivity index (χ2n) is 5.55. The summed E-state index contributed by atoms with van der Waals surface area (Å²) in [5.74, 6) is 0.0516. The second kappa shape index (κ2) is 7.42. The van der Waals surface area contributed by atoms with Gasteiger partial charge in [-0.3, -0.25) is 14.9 Å². The minimum Gasteiger partial charge on any atom is -0.495 e. The number of nitrogens with zero attached hydrogens (tertiary/aromatic N) is 3. The monoisotopic (exact) mass is 409 g/mol. The van der Waals surface area contributed by atoms with Crippen molar-refractivity contribution in [2.75, 3.05) is 7.11 Å². The molecule has 1 aliphatic heterocycles. The highest BCUT2D eigenvalue weighted by Gasteiger charge is 2.36. The van der Waals surface area contributed by atoms with E-state index in [4.69, 9.17) is 32.7 Å². The Morgan fingerprint density at radius 2 is 1.96 bits per heavy atom. The maximum absolute atomic E-state index is 12.1. The van der Waals surface area contributed by atoms with Gasteiger partial charge in [0.05, 0.1) is 22.6 Å². The number of non-ortho nitro benzene ring substituents is 1. The standard InChI is InChI=1S/C17H13Cl2N3O5/c1-9(23)21-17(13-7-11(18)8-14(19)15(13)26-2)27-16(20-21)10-3-5-12(6-4-10)22(24)25/h3-8,17H,1-2H3/t17-/m1/s1. The summed E-state index contributed by atoms with van der Waals surface area (Å²) in [7, 11) is 1.43. The molecule has 1 atom stereocenters. The molecule has 8 nitrogen and oxygen atoms in total. The molecule has 2 aromatic carbocycles. The molecule has 27 heavy (non-hydrogen) atoms. The Hall–Kier alpha value is -2.84. The molecule has 1 heterocycles. The summed E-state index contributed by atoms with van der Waals surface area (Å²) in [5.41, 5.74) is 0.827. The zero-order valence-electron chi connectivity index (χ0n) is 14.2. The molecule has 0 saturated heterocycles. The number of hydrogen-bond donors (Lipinski definition) is 0. The van der Waals surface area contributed by atoms with E-state index in [1.165, 1.54) is 44.4 Å². The van der Waals surface area contributed by atoms with Gasteiger partial charge in [-0.2, -0.15) is 5.01 Å². The third kappa shape index (κ3) is 3.67. The van der Waals surface area contributed by atoms with Crippen LogP contribution in [0.3, 0.4) is 0 Å². The normalized spacial score (nSPS) is 15.9. The second-order valence-corrected chi connectivity index (χ2v) is 6.40. The average molecular weight is 410 g/mol. The predicted molar refractivity (Wildman–Crippen MR) is 99.0 cm³/mol. The number of carbonyl (C=O) groups excluding carboxylic acids is 1. The molecule has 0 fully saturated rings. The van der Waals surface area contributed by atoms with Crippen LogP contribution in [0.25, 0.3) is 0 Å². The molecule has 0 bridgehead atoms. The summed E-state index contributed by atoms with van der Waals surface area (Å²) >= 11 is 12.3. The minimum atomic E-state index is -0.946. The Labute approximate surface area is 164 Å². The number of methoxy groups -OCH3 is 1. The fraction of sp³-hybridized carbons (Fsp3) is 0.176. The van der Waals surface area contributed by atoms with Crippen molar-refractivity contribution in [3.05, 3.63) is 67.7 Å². The molecule has 0 saturated carbocycles. The lowest BCUT2D eigenvalue weighted by Gasteiger charge is -2.22. The van der Waals surface area contributed by atoms with E-state index in [0.29, 0.717) is 21.9 Å². The highest BCUT2D eigenvalue weighted by atomic mass is 35.5. The molecule has 0 spiro atoms. The molecule has 0 radical (unpaired) electrons. The van der Waals surface area contributed by atoms with E-state index in [-0.39, 0.29) is 22.5 Å². The fourth-order valence-electron chi connectivity index (χ4n) is 2.59. The summed E-state index contributed by atoms with van der Waals surface area (Å²) in [6, 6.07) is 8.70. The number of nitro groups is 1. The summed E-state index contributed by atoms with van der Waals surface area (Å²) in [6.45, 7) is 1.33. The molecule has 1 amide bonds. The van der Waals surface area contributed by atoms with Gasteiger partial charge < -0.3 is 9.47 Å². The molecular formula is C17H13Cl2N3O5. The highest BCUT2D eigenvalue weighted by Crippen LogP contribution is 2.41. The fourth-order valence-corrected chi connectivity index (χ4v) is 3.18. The molecule has 0 aromatic heterocycles. The van der Waals surface area contributed by atoms with Crippen LogP contribution < -0.4 is 4.74 Å². The summed E-state index contributed by atoms with van der Waals surface area (Å²) in [6.07, 6.45) is -0.946. The van der Waals surface area contributed by atoms with Crippen molar-refractivity contribution < 1.29 is 19.2 Å². The topological polar surface area (TPSA) is 94.3 Å². The van der Waals surface area contributed by atoms with Crippen LogP contribution in [0, 0.1) is 10.1 Å². The van der Waals surface area contributed by atoms with Crippen molar-refractivity contribution in [2.45, 2.75) is 13.2 Å². The molecule has 10 heteroatoms. The smallest absolute Gasteiger partial charge is 0.269 e. The lowest BCUT2D eigenvalue weighted by Crippen LogP contribution is -2.25. The maximum Gasteiger partial charge on any atom is 0.269 e. The van der Waals surface area contributed by atoms with Crippen LogP contribution in [-0.4, -0.2) is 28.8 Å². The van der Waals surface area contributed by atoms with E-state index in [2.05, 4.69) is 5.10 Å². The van der Waals surface area contributed by atoms with Crippen molar-refractivity contribution in [3.8, 4) is 5.75 Å². The molecular weight excluding hydrogens is 397 g/mol. The number of rotatable bonds is 4. The first kappa shape index (κ1) is 18.9. The van der Waals surface area contributed by atoms with Crippen molar-refractivity contribution in [3.63, 3.8) is 0 Å². The molecule has 3 rings (SSSR count). The zero-order chi connectivity index (χ0) is 19.7. The number of nitro benzene ring substituents is 1. The third-order valence-corrected chi connectivity index (χ3v) is 4.30. The minimum absolute atomic E-state index is 0.0689. The van der Waals surface area contributed by atoms with Gasteiger partial charge >= 0.3 is 0 Å². The van der Waals surface area contributed by atoms with Gasteiger partial charge in [0.1, 0.15) is 5.75 Å². The summed E-state index contributed by atoms with van der Waals surface area (Å²) < 4.78 is 11.2. The summed E-state index contributed by atoms with van der Waals surface area (Å²) in [4.78, 5) is 22.4. The number of benzene rings is 2. The first-order valence-corrected chi connectivity index (χ1v) is 8.40. The van der Waals surface area contributed by atoms with Crippen LogP contribution >= 0.6 is 23.2 Å². The molecule has 0 aliphatic carbocycles. The number of hydrazone groups is 1. The largest absolute Gasteiger partial charge is 0.495 e. The van der Waals surface area contributed by atoms with Crippen molar-refractivity contribution in [2.24, 2.45) is 5.10 Å². The SMILES string of the molecule is COc1c(Cl)cc(Cl)cc1[C@H]1OC(c2ccc([N+](=O)[O-])cc2)=NN1C(C)=O. The first-order valence-electron chi connectivity index (χ1n) is 7.64. The van der Waals surface area contributed by atoms with Crippen molar-refractivity contribution in [1.29, 1.82) is 0 Å². The Kier molecular flexibility index (Phi) is 5.20. The van der Waals surface area contributed by atoms with Crippen LogP contribution in [0.4, 0.5) is 5.69 Å². The Morgan fingerprint density at radius 1 is 1.30 bits per heavy atom. The molecule has 0 unspecified atom stereocenters. The lowest BCUT2D eigenvalue weighted by atomic mass is 10.1. The number of amides is 1. The molecule has 0 N–H and O–H groups in total. The Bertz CT molecular complexity index is 946. The molecule has 1 aliphatic rings. The van der Waals surface area contributed by atoms with Gasteiger partial charge in [0.25, 0.3) is 5.69 Å². The predicted octanol–water partition coefficient (Wildman–Crippen LogP) is 4.15. The number of carbonyl (C=O) groups is 1. The van der Waals surface area contributed by atoms with Crippen molar-refractivity contribution in [1.82, 2.24) is 5.01 Å². The zero-order valence-corrected chi connectivity index (χ0v) is 15.7. The van der Waals surface area contributed by atoms with E-state index in [1.807, 2.05) is 0 Å². The highest BCUT2D eigenvalue weighted by molar-refractivity contribution is 6.35. The van der Waals surface area contributed by atoms with Gasteiger partial charge in [0.15, 0.2) is 0 Å². The van der Waals surface area contributed by atoms with E-state index in [9.17, 15) is 14.9 Å². The van der Waals surface area contributed by atoms with Crippen LogP contribution in [0.1, 0.15) is 24.3 Å². The number of ether oxygens (including phenoxy) is 2. The Morgan fingerprint density at radius 3 is 2.52 bits per heavy atom. The number of hydrogen-bond acceptors (Lipinski definition) is 6. The lowest BCUT2D eigenvalue weighted by molar-refractivity contribution is -0.384. The van der Waals surface area contributed by atoms with E-state index in [1.54, 1.807) is 6.07 Å². The quantitative estimate of drug-likeness (QED) is 0.558. The van der Waals surface area contributed by atoms with Crippen LogP contribution in [-0.2, 0) is 9.53 Å². The van der Waals surface area contributed by atoms with Crippen molar-refractivity contribution >= 4 is 40.7 Å². The maximum atomic E-state index is 12.1. The van der Waals surface area contributed by atoms with E-state index < -0.39 is 11.2 Å². The van der Waals surface area contributed by atoms with Crippen LogP contribution in [0.2, 0.25) is 10.0 Å². The van der Waals surface area contributed by atoms with Crippen LogP contribution in [0.5, 0.6) is 5.75 Å². The molecule has 140 valence electrons.